The molecule has 0 aromatic rings. The average Bonchev–Trinajstić information content (AvgIpc) is 3.00. The minimum absolute atomic E-state index is 0.667. The number of nitrogens with zero attached hydrogens (tertiary/aromatic N) is 1. The predicted molar refractivity (Wildman–Crippen MR) is 46.1 cm³/mol. The van der Waals surface area contributed by atoms with E-state index in [2.05, 4.69) is 6.07 Å². The molecule has 13 heavy (non-hydrogen) atoms. The monoisotopic (exact) mass is 175 g/mol. The number of hydrogen-bond acceptors (Lipinski definition) is 3. The van der Waals surface area contributed by atoms with Crippen molar-refractivity contribution < 1.29 is 9.47 Å². The van der Waals surface area contributed by atoms with Gasteiger partial charge in [0.15, 0.2) is 5.76 Å². The van der Waals surface area contributed by atoms with E-state index < -0.39 is 0 Å². The van der Waals surface area contributed by atoms with Gasteiger partial charge in [0.1, 0.15) is 12.0 Å². The highest BCUT2D eigenvalue weighted by molar-refractivity contribution is 5.44. The second-order valence-electron chi connectivity index (χ2n) is 2.93. The van der Waals surface area contributed by atoms with E-state index in [4.69, 9.17) is 14.7 Å². The summed E-state index contributed by atoms with van der Waals surface area (Å²) in [6.45, 7) is 0. The molecule has 1 heterocycles. The first kappa shape index (κ1) is 7.93. The Kier molecular flexibility index (Phi) is 1.82. The van der Waals surface area contributed by atoms with Crippen LogP contribution in [-0.2, 0) is 9.47 Å². The van der Waals surface area contributed by atoms with E-state index in [0.717, 1.165) is 24.2 Å². The molecule has 0 aromatic carbocycles. The molecule has 1 aliphatic carbocycles. The van der Waals surface area contributed by atoms with Crippen LogP contribution in [0.2, 0.25) is 0 Å². The second kappa shape index (κ2) is 2.98. The van der Waals surface area contributed by atoms with Gasteiger partial charge >= 0.3 is 0 Å². The molecule has 1 aliphatic heterocycles. The highest BCUT2D eigenvalue weighted by atomic mass is 16.5. The van der Waals surface area contributed by atoms with Gasteiger partial charge in [0, 0.05) is 5.57 Å². The van der Waals surface area contributed by atoms with Crippen LogP contribution in [0.1, 0.15) is 12.8 Å². The van der Waals surface area contributed by atoms with Crippen LogP contribution in [0.25, 0.3) is 0 Å². The summed E-state index contributed by atoms with van der Waals surface area (Å²) in [5.74, 6) is 1.59. The highest BCUT2D eigenvalue weighted by Crippen LogP contribution is 2.33. The number of methoxy groups -OCH3 is 1. The lowest BCUT2D eigenvalue weighted by atomic mass is 9.97. The molecule has 0 unspecified atom stereocenters. The molecule has 0 aromatic heterocycles. The van der Waals surface area contributed by atoms with Crippen LogP contribution in [0, 0.1) is 11.3 Å². The Morgan fingerprint density at radius 2 is 2.31 bits per heavy atom. The summed E-state index contributed by atoms with van der Waals surface area (Å²) >= 11 is 0. The zero-order valence-corrected chi connectivity index (χ0v) is 7.33. The van der Waals surface area contributed by atoms with Gasteiger partial charge in [-0.3, -0.25) is 0 Å². The minimum Gasteiger partial charge on any atom is -0.496 e. The van der Waals surface area contributed by atoms with Gasteiger partial charge in [0.05, 0.1) is 18.8 Å². The number of allylic oxidation sites excluding steroid dienone is 3. The molecule has 0 N–H and O–H groups in total. The van der Waals surface area contributed by atoms with Gasteiger partial charge in [0.2, 0.25) is 0 Å². The van der Waals surface area contributed by atoms with Gasteiger partial charge in [-0.05, 0) is 18.9 Å². The fraction of sp³-hybridized carbons (Fsp3) is 0.300. The lowest BCUT2D eigenvalue weighted by Gasteiger charge is -2.12. The summed E-state index contributed by atoms with van der Waals surface area (Å²) in [5.41, 5.74) is 1.84. The highest BCUT2D eigenvalue weighted by Gasteiger charge is 2.22. The molecule has 2 aliphatic rings. The quantitative estimate of drug-likeness (QED) is 0.644. The summed E-state index contributed by atoms with van der Waals surface area (Å²) in [7, 11) is 1.58. The normalized spacial score (nSPS) is 19.7. The molecule has 66 valence electrons. The van der Waals surface area contributed by atoms with Crippen LogP contribution in [0.4, 0.5) is 0 Å². The smallest absolute Gasteiger partial charge is 0.165 e. The van der Waals surface area contributed by atoms with Crippen molar-refractivity contribution in [3.8, 4) is 6.07 Å². The van der Waals surface area contributed by atoms with Gasteiger partial charge in [-0.2, -0.15) is 5.26 Å². The van der Waals surface area contributed by atoms with Gasteiger partial charge in [0.25, 0.3) is 0 Å². The fourth-order valence-electron chi connectivity index (χ4n) is 1.37. The summed E-state index contributed by atoms with van der Waals surface area (Å²) in [5, 5.41) is 8.77. The van der Waals surface area contributed by atoms with Crippen molar-refractivity contribution in [1.29, 1.82) is 5.26 Å². The second-order valence-corrected chi connectivity index (χ2v) is 2.93. The summed E-state index contributed by atoms with van der Waals surface area (Å²) in [6.07, 6.45) is 5.19. The van der Waals surface area contributed by atoms with Crippen molar-refractivity contribution >= 4 is 0 Å². The molecule has 0 amide bonds. The topological polar surface area (TPSA) is 45.5 Å². The standard InChI is InChI=1S/C10H9NO2/c1-12-9-4-7(10-6-13-10)2-3-8(9)5-11/h4,6H,2-3H2,1H3. The Bertz CT molecular complexity index is 369. The van der Waals surface area contributed by atoms with Crippen molar-refractivity contribution in [2.24, 2.45) is 0 Å². The van der Waals surface area contributed by atoms with Crippen LogP contribution < -0.4 is 0 Å². The third kappa shape index (κ3) is 1.43. The van der Waals surface area contributed by atoms with Crippen molar-refractivity contribution in [2.45, 2.75) is 12.8 Å². The molecule has 0 saturated carbocycles. The molecule has 3 heteroatoms. The van der Waals surface area contributed by atoms with Crippen molar-refractivity contribution in [3.63, 3.8) is 0 Å². The number of hydrogen-bond donors (Lipinski definition) is 0. The molecule has 0 saturated heterocycles. The number of rotatable bonds is 2. The third-order valence-electron chi connectivity index (χ3n) is 2.15. The van der Waals surface area contributed by atoms with E-state index in [0.29, 0.717) is 11.3 Å². The first-order valence-corrected chi connectivity index (χ1v) is 4.10. The van der Waals surface area contributed by atoms with Crippen LogP contribution in [0.5, 0.6) is 0 Å². The fourth-order valence-corrected chi connectivity index (χ4v) is 1.37. The van der Waals surface area contributed by atoms with Gasteiger partial charge in [-0.15, -0.1) is 0 Å². The number of nitriles is 1. The summed E-state index contributed by atoms with van der Waals surface area (Å²) in [6, 6.07) is 2.13. The van der Waals surface area contributed by atoms with Crippen LogP contribution >= 0.6 is 0 Å². The van der Waals surface area contributed by atoms with E-state index in [-0.39, 0.29) is 0 Å². The first-order chi connectivity index (χ1) is 6.35. The average molecular weight is 175 g/mol. The van der Waals surface area contributed by atoms with Crippen molar-refractivity contribution in [1.82, 2.24) is 0 Å². The zero-order valence-electron chi connectivity index (χ0n) is 7.33. The van der Waals surface area contributed by atoms with Gasteiger partial charge in [-0.25, -0.2) is 0 Å². The summed E-state index contributed by atoms with van der Waals surface area (Å²) < 4.78 is 10.1. The molecule has 2 rings (SSSR count). The van der Waals surface area contributed by atoms with Crippen LogP contribution in [-0.4, -0.2) is 7.11 Å². The maximum Gasteiger partial charge on any atom is 0.165 e. The Balaban J connectivity index is 2.29. The van der Waals surface area contributed by atoms with Gasteiger partial charge in [-0.1, -0.05) is 0 Å². The molecule has 0 spiro atoms. The summed E-state index contributed by atoms with van der Waals surface area (Å²) in [4.78, 5) is 0. The lowest BCUT2D eigenvalue weighted by Crippen LogP contribution is -1.99. The molecular weight excluding hydrogens is 166 g/mol. The Hall–Kier alpha value is -1.69. The third-order valence-corrected chi connectivity index (χ3v) is 2.15. The van der Waals surface area contributed by atoms with E-state index in [1.54, 1.807) is 13.4 Å². The Morgan fingerprint density at radius 1 is 1.54 bits per heavy atom. The van der Waals surface area contributed by atoms with E-state index in [9.17, 15) is 0 Å². The SMILES string of the molecule is COC1=C(C#N)CCC(C2=CO2)=C1. The van der Waals surface area contributed by atoms with E-state index in [1.807, 2.05) is 6.08 Å². The van der Waals surface area contributed by atoms with Gasteiger partial charge < -0.3 is 9.47 Å². The van der Waals surface area contributed by atoms with Crippen LogP contribution in [0.3, 0.4) is 0 Å². The molecule has 3 nitrogen and oxygen atoms in total. The predicted octanol–water partition coefficient (Wildman–Crippen LogP) is 2.00. The Morgan fingerprint density at radius 3 is 2.85 bits per heavy atom. The largest absolute Gasteiger partial charge is 0.496 e. The molecule has 0 bridgehead atoms. The molecular formula is C10H9NO2. The molecule has 0 atom stereocenters. The molecule has 0 radical (unpaired) electrons. The maximum absolute atomic E-state index is 8.77. The minimum atomic E-state index is 0.667. The molecule has 0 fully saturated rings. The number of ether oxygens (including phenoxy) is 2. The first-order valence-electron chi connectivity index (χ1n) is 4.10. The zero-order chi connectivity index (χ0) is 9.26. The maximum atomic E-state index is 8.77. The Labute approximate surface area is 76.6 Å². The van der Waals surface area contributed by atoms with Crippen LogP contribution in [0.15, 0.2) is 35.0 Å². The van der Waals surface area contributed by atoms with E-state index >= 15 is 0 Å². The lowest BCUT2D eigenvalue weighted by molar-refractivity contribution is 0.300. The van der Waals surface area contributed by atoms with Crippen molar-refractivity contribution in [3.05, 3.63) is 35.0 Å². The van der Waals surface area contributed by atoms with E-state index in [1.165, 1.54) is 0 Å². The van der Waals surface area contributed by atoms with Crippen molar-refractivity contribution in [2.75, 3.05) is 7.11 Å².